The van der Waals surface area contributed by atoms with Gasteiger partial charge in [0, 0.05) is 44.0 Å². The van der Waals surface area contributed by atoms with E-state index in [1.165, 1.54) is 0 Å². The van der Waals surface area contributed by atoms with E-state index in [0.717, 1.165) is 46.0 Å². The van der Waals surface area contributed by atoms with Gasteiger partial charge in [-0.15, -0.1) is 11.3 Å². The number of hydrogen-bond donors (Lipinski definition) is 0. The van der Waals surface area contributed by atoms with Crippen molar-refractivity contribution < 1.29 is 9.53 Å². The second kappa shape index (κ2) is 7.32. The second-order valence-electron chi connectivity index (χ2n) is 6.37. The van der Waals surface area contributed by atoms with Gasteiger partial charge in [-0.2, -0.15) is 4.98 Å². The molecule has 1 amide bonds. The number of methoxy groups -OCH3 is 1. The summed E-state index contributed by atoms with van der Waals surface area (Å²) in [6, 6.07) is 7.96. The summed E-state index contributed by atoms with van der Waals surface area (Å²) in [7, 11) is 1.66. The number of piperazine rings is 1. The first-order chi connectivity index (χ1) is 13.1. The normalized spacial score (nSPS) is 14.6. The zero-order chi connectivity index (χ0) is 19.0. The van der Waals surface area contributed by atoms with Crippen LogP contribution in [0.25, 0.3) is 21.3 Å². The molecule has 2 aromatic heterocycles. The van der Waals surface area contributed by atoms with Crippen molar-refractivity contribution in [1.29, 1.82) is 0 Å². The Morgan fingerprint density at radius 3 is 2.48 bits per heavy atom. The van der Waals surface area contributed by atoms with Crippen LogP contribution in [-0.4, -0.2) is 54.1 Å². The Morgan fingerprint density at radius 1 is 1.15 bits per heavy atom. The van der Waals surface area contributed by atoms with Crippen LogP contribution in [0.1, 0.15) is 6.92 Å². The lowest BCUT2D eigenvalue weighted by Crippen LogP contribution is -2.48. The number of nitrogens with zero attached hydrogens (tertiary/aromatic N) is 4. The maximum Gasteiger partial charge on any atom is 0.225 e. The molecule has 3 aromatic rings. The molecule has 8 heteroatoms. The van der Waals surface area contributed by atoms with E-state index in [9.17, 15) is 4.79 Å². The van der Waals surface area contributed by atoms with Gasteiger partial charge in [-0.1, -0.05) is 12.1 Å². The van der Waals surface area contributed by atoms with Crippen LogP contribution in [0, 0.1) is 0 Å². The fourth-order valence-electron chi connectivity index (χ4n) is 3.34. The van der Waals surface area contributed by atoms with Crippen molar-refractivity contribution in [2.75, 3.05) is 38.2 Å². The lowest BCUT2D eigenvalue weighted by Gasteiger charge is -2.35. The highest BCUT2D eigenvalue weighted by Crippen LogP contribution is 2.39. The second-order valence-corrected chi connectivity index (χ2v) is 7.56. The van der Waals surface area contributed by atoms with Gasteiger partial charge in [0.15, 0.2) is 0 Å². The predicted molar refractivity (Wildman–Crippen MR) is 109 cm³/mol. The number of rotatable bonds is 3. The van der Waals surface area contributed by atoms with E-state index in [2.05, 4.69) is 20.2 Å². The van der Waals surface area contributed by atoms with Crippen LogP contribution in [0.3, 0.4) is 0 Å². The van der Waals surface area contributed by atoms with Gasteiger partial charge in [-0.3, -0.25) is 4.79 Å². The van der Waals surface area contributed by atoms with Crippen LogP contribution in [0.15, 0.2) is 29.6 Å². The summed E-state index contributed by atoms with van der Waals surface area (Å²) in [6.07, 6.45) is 0. The van der Waals surface area contributed by atoms with Gasteiger partial charge in [0.1, 0.15) is 16.4 Å². The van der Waals surface area contributed by atoms with Crippen LogP contribution < -0.4 is 9.64 Å². The topological polar surface area (TPSA) is 58.6 Å². The van der Waals surface area contributed by atoms with Gasteiger partial charge < -0.3 is 14.5 Å². The van der Waals surface area contributed by atoms with Crippen molar-refractivity contribution in [2.24, 2.45) is 0 Å². The third kappa shape index (κ3) is 3.44. The fourth-order valence-corrected chi connectivity index (χ4v) is 4.50. The van der Waals surface area contributed by atoms with E-state index in [0.29, 0.717) is 13.1 Å². The SMILES string of the molecule is COc1ccc(-c2csc3nc(Cl)nc(N4CCN(C(C)=O)CC4)c23)cc1. The molecule has 1 fully saturated rings. The van der Waals surface area contributed by atoms with Crippen LogP contribution in [0.4, 0.5) is 5.82 Å². The number of halogens is 1. The number of carbonyl (C=O) groups is 1. The van der Waals surface area contributed by atoms with Crippen LogP contribution in [0.5, 0.6) is 5.75 Å². The molecule has 4 rings (SSSR count). The minimum atomic E-state index is 0.106. The summed E-state index contributed by atoms with van der Waals surface area (Å²) in [5.74, 6) is 1.76. The Morgan fingerprint density at radius 2 is 1.85 bits per heavy atom. The summed E-state index contributed by atoms with van der Waals surface area (Å²) in [5, 5.41) is 3.34. The molecular weight excluding hydrogens is 384 g/mol. The Hall–Kier alpha value is -2.38. The van der Waals surface area contributed by atoms with Crippen LogP contribution in [-0.2, 0) is 4.79 Å². The molecule has 0 spiro atoms. The Balaban J connectivity index is 1.76. The van der Waals surface area contributed by atoms with Crippen LogP contribution >= 0.6 is 22.9 Å². The summed E-state index contributed by atoms with van der Waals surface area (Å²) in [5.41, 5.74) is 2.16. The summed E-state index contributed by atoms with van der Waals surface area (Å²) >= 11 is 7.75. The molecule has 0 atom stereocenters. The molecule has 6 nitrogen and oxygen atoms in total. The molecule has 0 N–H and O–H groups in total. The van der Waals surface area contributed by atoms with Gasteiger partial charge in [0.05, 0.1) is 12.5 Å². The molecule has 1 aliphatic heterocycles. The van der Waals surface area contributed by atoms with E-state index in [4.69, 9.17) is 16.3 Å². The quantitative estimate of drug-likeness (QED) is 0.625. The average Bonchev–Trinajstić information content (AvgIpc) is 3.11. The van der Waals surface area contributed by atoms with Crippen molar-refractivity contribution in [3.63, 3.8) is 0 Å². The highest BCUT2D eigenvalue weighted by Gasteiger charge is 2.24. The lowest BCUT2D eigenvalue weighted by atomic mass is 10.1. The standard InChI is InChI=1S/C19H19ClN4O2S/c1-12(25)23-7-9-24(10-8-23)17-16-15(11-27-18(16)22-19(20)21-17)13-3-5-14(26-2)6-4-13/h3-6,11H,7-10H2,1-2H3. The monoisotopic (exact) mass is 402 g/mol. The van der Waals surface area contributed by atoms with Gasteiger partial charge in [0.25, 0.3) is 0 Å². The van der Waals surface area contributed by atoms with Crippen molar-refractivity contribution in [1.82, 2.24) is 14.9 Å². The molecule has 0 aliphatic carbocycles. The minimum Gasteiger partial charge on any atom is -0.497 e. The third-order valence-electron chi connectivity index (χ3n) is 4.81. The number of ether oxygens (including phenoxy) is 1. The molecule has 0 unspecified atom stereocenters. The highest BCUT2D eigenvalue weighted by molar-refractivity contribution is 7.17. The molecule has 140 valence electrons. The fraction of sp³-hybridized carbons (Fsp3) is 0.316. The largest absolute Gasteiger partial charge is 0.497 e. The Labute approximate surface area is 166 Å². The van der Waals surface area contributed by atoms with E-state index < -0.39 is 0 Å². The first-order valence-electron chi connectivity index (χ1n) is 8.66. The van der Waals surface area contributed by atoms with Gasteiger partial charge in [-0.25, -0.2) is 4.98 Å². The summed E-state index contributed by atoms with van der Waals surface area (Å²) in [4.78, 5) is 25.5. The van der Waals surface area contributed by atoms with Crippen molar-refractivity contribution in [3.8, 4) is 16.9 Å². The number of hydrogen-bond acceptors (Lipinski definition) is 6. The Kier molecular flexibility index (Phi) is 4.88. The molecule has 0 radical (unpaired) electrons. The average molecular weight is 403 g/mol. The zero-order valence-corrected chi connectivity index (χ0v) is 16.7. The number of benzene rings is 1. The lowest BCUT2D eigenvalue weighted by molar-refractivity contribution is -0.129. The number of amides is 1. The number of thiophene rings is 1. The van der Waals surface area contributed by atoms with E-state index in [1.807, 2.05) is 29.2 Å². The molecule has 27 heavy (non-hydrogen) atoms. The maximum atomic E-state index is 11.6. The smallest absolute Gasteiger partial charge is 0.225 e. The molecule has 0 saturated carbocycles. The van der Waals surface area contributed by atoms with Crippen molar-refractivity contribution in [3.05, 3.63) is 34.9 Å². The van der Waals surface area contributed by atoms with Crippen molar-refractivity contribution in [2.45, 2.75) is 6.92 Å². The third-order valence-corrected chi connectivity index (χ3v) is 5.85. The van der Waals surface area contributed by atoms with E-state index in [-0.39, 0.29) is 11.2 Å². The number of fused-ring (bicyclic) bond motifs is 1. The predicted octanol–water partition coefficient (Wildman–Crippen LogP) is 3.69. The van der Waals surface area contributed by atoms with Crippen molar-refractivity contribution >= 4 is 44.9 Å². The number of aromatic nitrogens is 2. The number of anilines is 1. The Bertz CT molecular complexity index is 981. The van der Waals surface area contributed by atoms with E-state index in [1.54, 1.807) is 25.4 Å². The summed E-state index contributed by atoms with van der Waals surface area (Å²) < 4.78 is 5.26. The zero-order valence-electron chi connectivity index (χ0n) is 15.1. The van der Waals surface area contributed by atoms with Gasteiger partial charge in [-0.05, 0) is 29.3 Å². The highest BCUT2D eigenvalue weighted by atomic mass is 35.5. The summed E-state index contributed by atoms with van der Waals surface area (Å²) in [6.45, 7) is 4.41. The molecule has 1 aromatic carbocycles. The first kappa shape index (κ1) is 18.0. The minimum absolute atomic E-state index is 0.106. The van der Waals surface area contributed by atoms with E-state index >= 15 is 0 Å². The number of carbonyl (C=O) groups excluding carboxylic acids is 1. The molecular formula is C19H19ClN4O2S. The van der Waals surface area contributed by atoms with Gasteiger partial charge >= 0.3 is 0 Å². The molecule has 3 heterocycles. The van der Waals surface area contributed by atoms with Gasteiger partial charge in [0.2, 0.25) is 11.2 Å². The maximum absolute atomic E-state index is 11.6. The molecule has 0 bridgehead atoms. The molecule has 1 aliphatic rings. The first-order valence-corrected chi connectivity index (χ1v) is 9.92. The molecule has 1 saturated heterocycles. The van der Waals surface area contributed by atoms with Crippen LogP contribution in [0.2, 0.25) is 5.28 Å².